The Morgan fingerprint density at radius 3 is 2.59 bits per heavy atom. The van der Waals surface area contributed by atoms with Gasteiger partial charge in [0.1, 0.15) is 0 Å². The summed E-state index contributed by atoms with van der Waals surface area (Å²) in [6, 6.07) is 10.8. The van der Waals surface area contributed by atoms with Gasteiger partial charge in [-0.1, -0.05) is 68.0 Å². The van der Waals surface area contributed by atoms with Crippen molar-refractivity contribution in [3.05, 3.63) is 66.6 Å². The van der Waals surface area contributed by atoms with E-state index in [-0.39, 0.29) is 0 Å². The van der Waals surface area contributed by atoms with Crippen molar-refractivity contribution in [3.63, 3.8) is 0 Å². The third-order valence-electron chi connectivity index (χ3n) is 4.10. The molecule has 2 aliphatic rings. The zero-order chi connectivity index (χ0) is 11.7. The highest BCUT2D eigenvalue weighted by Gasteiger charge is 2.41. The minimum absolute atomic E-state index is 0.503. The molecule has 0 amide bonds. The second-order valence-electron chi connectivity index (χ2n) is 5.00. The van der Waals surface area contributed by atoms with Gasteiger partial charge in [0, 0.05) is 0 Å². The van der Waals surface area contributed by atoms with Crippen molar-refractivity contribution in [1.29, 1.82) is 0 Å². The lowest BCUT2D eigenvalue weighted by molar-refractivity contribution is 0.384. The quantitative estimate of drug-likeness (QED) is 0.701. The molecule has 0 saturated heterocycles. The van der Waals surface area contributed by atoms with Crippen LogP contribution in [0.3, 0.4) is 0 Å². The molecule has 2 radical (unpaired) electrons. The lowest BCUT2D eigenvalue weighted by Crippen LogP contribution is -2.14. The third kappa shape index (κ3) is 1.86. The molecule has 0 heterocycles. The highest BCUT2D eigenvalue weighted by molar-refractivity contribution is 5.32. The molecular formula is C17H18. The molecule has 4 atom stereocenters. The molecule has 17 heavy (non-hydrogen) atoms. The summed E-state index contributed by atoms with van der Waals surface area (Å²) in [7, 11) is 0. The first kappa shape index (κ1) is 10.8. The van der Waals surface area contributed by atoms with Crippen LogP contribution in [0, 0.1) is 24.2 Å². The van der Waals surface area contributed by atoms with Crippen molar-refractivity contribution < 1.29 is 0 Å². The smallest absolute Gasteiger partial charge is 0.000879 e. The second-order valence-corrected chi connectivity index (χ2v) is 5.00. The Hall–Kier alpha value is -1.30. The summed E-state index contributed by atoms with van der Waals surface area (Å²) in [6.45, 7) is 2.30. The van der Waals surface area contributed by atoms with Crippen LogP contribution in [0.25, 0.3) is 0 Å². The number of allylic oxidation sites excluding steroid dienone is 4. The molecule has 1 aromatic carbocycles. The first-order valence-corrected chi connectivity index (χ1v) is 6.56. The normalized spacial score (nSPS) is 34.9. The molecule has 0 N–H and O–H groups in total. The molecule has 4 unspecified atom stereocenters. The number of hydrogen-bond donors (Lipinski definition) is 0. The third-order valence-corrected chi connectivity index (χ3v) is 4.10. The average Bonchev–Trinajstić information content (AvgIpc) is 2.78. The first-order chi connectivity index (χ1) is 8.40. The van der Waals surface area contributed by atoms with E-state index in [0.29, 0.717) is 23.7 Å². The Morgan fingerprint density at radius 1 is 1.06 bits per heavy atom. The summed E-state index contributed by atoms with van der Waals surface area (Å²) < 4.78 is 0. The highest BCUT2D eigenvalue weighted by Crippen LogP contribution is 2.49. The van der Waals surface area contributed by atoms with Crippen LogP contribution in [0.5, 0.6) is 0 Å². The Labute approximate surface area is 104 Å². The Kier molecular flexibility index (Phi) is 2.88. The molecule has 1 saturated carbocycles. The summed E-state index contributed by atoms with van der Waals surface area (Å²) in [5.74, 6) is 2.40. The molecule has 0 aliphatic heterocycles. The molecule has 1 fully saturated rings. The van der Waals surface area contributed by atoms with E-state index in [1.54, 1.807) is 0 Å². The lowest BCUT2D eigenvalue weighted by atomic mass is 9.81. The molecule has 1 aromatic rings. The molecule has 0 spiro atoms. The zero-order valence-corrected chi connectivity index (χ0v) is 10.2. The fourth-order valence-corrected chi connectivity index (χ4v) is 3.26. The predicted molar refractivity (Wildman–Crippen MR) is 71.5 cm³/mol. The van der Waals surface area contributed by atoms with Gasteiger partial charge >= 0.3 is 0 Å². The highest BCUT2D eigenvalue weighted by atomic mass is 14.4. The van der Waals surface area contributed by atoms with Gasteiger partial charge in [0.05, 0.1) is 0 Å². The van der Waals surface area contributed by atoms with Crippen LogP contribution in [0.4, 0.5) is 0 Å². The molecule has 0 aromatic heterocycles. The van der Waals surface area contributed by atoms with Gasteiger partial charge in [0.15, 0.2) is 0 Å². The lowest BCUT2D eigenvalue weighted by Gasteiger charge is -2.23. The van der Waals surface area contributed by atoms with E-state index in [0.717, 1.165) is 0 Å². The van der Waals surface area contributed by atoms with Gasteiger partial charge < -0.3 is 0 Å². The zero-order valence-electron chi connectivity index (χ0n) is 10.2. The maximum Gasteiger partial charge on any atom is -0.000879 e. The maximum atomic E-state index is 3.77. The predicted octanol–water partition coefficient (Wildman–Crippen LogP) is 4.25. The van der Waals surface area contributed by atoms with Gasteiger partial charge in [0.2, 0.25) is 0 Å². The summed E-state index contributed by atoms with van der Waals surface area (Å²) in [4.78, 5) is 0. The van der Waals surface area contributed by atoms with Crippen molar-refractivity contribution in [2.24, 2.45) is 17.8 Å². The topological polar surface area (TPSA) is 0 Å². The summed E-state index contributed by atoms with van der Waals surface area (Å²) in [5.41, 5.74) is 1.43. The van der Waals surface area contributed by atoms with Gasteiger partial charge in [-0.05, 0) is 35.7 Å². The average molecular weight is 222 g/mol. The largest absolute Gasteiger partial charge is 0.0805 e. The fourth-order valence-electron chi connectivity index (χ4n) is 3.26. The molecule has 0 bridgehead atoms. The van der Waals surface area contributed by atoms with Crippen molar-refractivity contribution in [2.45, 2.75) is 19.3 Å². The monoisotopic (exact) mass is 222 g/mol. The number of benzene rings is 1. The number of hydrogen-bond acceptors (Lipinski definition) is 0. The molecule has 86 valence electrons. The van der Waals surface area contributed by atoms with E-state index >= 15 is 0 Å². The van der Waals surface area contributed by atoms with Gasteiger partial charge in [-0.3, -0.25) is 0 Å². The number of fused-ring (bicyclic) bond motifs is 1. The van der Waals surface area contributed by atoms with E-state index in [1.165, 1.54) is 12.0 Å². The van der Waals surface area contributed by atoms with Crippen LogP contribution in [-0.2, 0) is 0 Å². The van der Waals surface area contributed by atoms with Gasteiger partial charge in [-0.2, -0.15) is 0 Å². The van der Waals surface area contributed by atoms with E-state index in [2.05, 4.69) is 68.0 Å². The van der Waals surface area contributed by atoms with Gasteiger partial charge in [-0.25, -0.2) is 0 Å². The molecule has 0 nitrogen and oxygen atoms in total. The van der Waals surface area contributed by atoms with E-state index in [9.17, 15) is 0 Å². The van der Waals surface area contributed by atoms with E-state index in [1.807, 2.05) is 0 Å². The summed E-state index contributed by atoms with van der Waals surface area (Å²) >= 11 is 0. The van der Waals surface area contributed by atoms with Crippen molar-refractivity contribution in [1.82, 2.24) is 0 Å². The van der Waals surface area contributed by atoms with Crippen molar-refractivity contribution in [2.75, 3.05) is 0 Å². The van der Waals surface area contributed by atoms with Gasteiger partial charge in [0.25, 0.3) is 0 Å². The minimum atomic E-state index is 0.503. The Balaban J connectivity index is 1.91. The SMILES string of the molecule is CCC1C(c2ccccc2)[C]C2C=CC=CC21. The summed E-state index contributed by atoms with van der Waals surface area (Å²) in [5, 5.41) is 0. The van der Waals surface area contributed by atoms with Crippen molar-refractivity contribution >= 4 is 0 Å². The summed E-state index contributed by atoms with van der Waals surface area (Å²) in [6.07, 6.45) is 14.0. The van der Waals surface area contributed by atoms with Crippen LogP contribution in [0.1, 0.15) is 24.8 Å². The number of rotatable bonds is 2. The minimum Gasteiger partial charge on any atom is -0.0805 e. The fraction of sp³-hybridized carbons (Fsp3) is 0.353. The molecule has 3 rings (SSSR count). The molecule has 0 heteroatoms. The van der Waals surface area contributed by atoms with Crippen LogP contribution >= 0.6 is 0 Å². The van der Waals surface area contributed by atoms with Gasteiger partial charge in [-0.15, -0.1) is 0 Å². The second kappa shape index (κ2) is 4.52. The van der Waals surface area contributed by atoms with Crippen LogP contribution < -0.4 is 0 Å². The van der Waals surface area contributed by atoms with Crippen LogP contribution in [0.15, 0.2) is 54.6 Å². The van der Waals surface area contributed by atoms with Crippen molar-refractivity contribution in [3.8, 4) is 0 Å². The maximum absolute atomic E-state index is 3.77. The van der Waals surface area contributed by atoms with E-state index < -0.39 is 0 Å². The van der Waals surface area contributed by atoms with E-state index in [4.69, 9.17) is 0 Å². The van der Waals surface area contributed by atoms with Crippen LogP contribution in [-0.4, -0.2) is 0 Å². The molecule has 2 aliphatic carbocycles. The standard InChI is InChI=1S/C17H18/c1-2-15-16-11-7-6-10-14(16)12-17(15)13-8-4-3-5-9-13/h3-11,14-17H,2H2,1H3. The van der Waals surface area contributed by atoms with Crippen LogP contribution in [0.2, 0.25) is 0 Å². The molecular weight excluding hydrogens is 204 g/mol. The first-order valence-electron chi connectivity index (χ1n) is 6.56. The Bertz CT molecular complexity index is 427. The Morgan fingerprint density at radius 2 is 1.82 bits per heavy atom.